The highest BCUT2D eigenvalue weighted by molar-refractivity contribution is 5.81. The Morgan fingerprint density at radius 2 is 1.96 bits per heavy atom. The Labute approximate surface area is 136 Å². The zero-order valence-corrected chi connectivity index (χ0v) is 13.1. The molecule has 1 atom stereocenters. The SMILES string of the molecule is C=CC(=O)OCCOc1ccc(O)c([C@H](C)c2ccccc2)c1. The standard InChI is InChI=1S/C19H20O4/c1-3-19(21)23-12-11-22-16-9-10-18(20)17(13-16)14(2)15-7-5-4-6-8-15/h3-10,13-14,20H,1,11-12H2,2H3/t14-/m1/s1. The van der Waals surface area contributed by atoms with Gasteiger partial charge in [0, 0.05) is 17.6 Å². The van der Waals surface area contributed by atoms with Gasteiger partial charge in [-0.25, -0.2) is 4.79 Å². The van der Waals surface area contributed by atoms with Gasteiger partial charge in [-0.3, -0.25) is 0 Å². The summed E-state index contributed by atoms with van der Waals surface area (Å²) >= 11 is 0. The minimum atomic E-state index is -0.474. The van der Waals surface area contributed by atoms with Crippen molar-refractivity contribution in [3.63, 3.8) is 0 Å². The third kappa shape index (κ3) is 4.61. The van der Waals surface area contributed by atoms with Crippen LogP contribution in [-0.4, -0.2) is 24.3 Å². The Kier molecular flexibility index (Phi) is 5.80. The van der Waals surface area contributed by atoms with Gasteiger partial charge in [0.15, 0.2) is 0 Å². The molecule has 4 nitrogen and oxygen atoms in total. The van der Waals surface area contributed by atoms with Gasteiger partial charge < -0.3 is 14.6 Å². The summed E-state index contributed by atoms with van der Waals surface area (Å²) in [6.07, 6.45) is 1.11. The number of aromatic hydroxyl groups is 1. The Morgan fingerprint density at radius 3 is 2.65 bits per heavy atom. The van der Waals surface area contributed by atoms with Crippen LogP contribution in [0.4, 0.5) is 0 Å². The van der Waals surface area contributed by atoms with Crippen LogP contribution >= 0.6 is 0 Å². The number of phenolic OH excluding ortho intramolecular Hbond substituents is 1. The first kappa shape index (κ1) is 16.6. The van der Waals surface area contributed by atoms with Crippen molar-refractivity contribution in [2.24, 2.45) is 0 Å². The summed E-state index contributed by atoms with van der Waals surface area (Å²) in [4.78, 5) is 10.9. The molecule has 4 heteroatoms. The van der Waals surface area contributed by atoms with Gasteiger partial charge in [0.2, 0.25) is 0 Å². The molecule has 0 amide bonds. The highest BCUT2D eigenvalue weighted by Gasteiger charge is 2.13. The van der Waals surface area contributed by atoms with Crippen LogP contribution < -0.4 is 4.74 Å². The number of hydrogen-bond acceptors (Lipinski definition) is 4. The van der Waals surface area contributed by atoms with Crippen molar-refractivity contribution in [2.45, 2.75) is 12.8 Å². The van der Waals surface area contributed by atoms with Crippen LogP contribution in [0.5, 0.6) is 11.5 Å². The van der Waals surface area contributed by atoms with E-state index in [1.807, 2.05) is 43.3 Å². The van der Waals surface area contributed by atoms with E-state index in [4.69, 9.17) is 9.47 Å². The average Bonchev–Trinajstić information content (AvgIpc) is 2.60. The van der Waals surface area contributed by atoms with Gasteiger partial charge in [0.25, 0.3) is 0 Å². The van der Waals surface area contributed by atoms with Crippen LogP contribution in [0.25, 0.3) is 0 Å². The summed E-state index contributed by atoms with van der Waals surface area (Å²) in [6, 6.07) is 15.0. The molecule has 0 spiro atoms. The Balaban J connectivity index is 2.04. The lowest BCUT2D eigenvalue weighted by Crippen LogP contribution is -2.10. The molecule has 0 aliphatic carbocycles. The molecular weight excluding hydrogens is 292 g/mol. The predicted octanol–water partition coefficient (Wildman–Crippen LogP) is 3.65. The lowest BCUT2D eigenvalue weighted by atomic mass is 9.92. The second kappa shape index (κ2) is 8.03. The zero-order valence-electron chi connectivity index (χ0n) is 13.1. The Bertz CT molecular complexity index is 664. The van der Waals surface area contributed by atoms with Crippen LogP contribution in [0.15, 0.2) is 61.2 Å². The van der Waals surface area contributed by atoms with E-state index < -0.39 is 5.97 Å². The molecule has 0 saturated heterocycles. The topological polar surface area (TPSA) is 55.8 Å². The number of rotatable bonds is 7. The van der Waals surface area contributed by atoms with Gasteiger partial charge in [-0.15, -0.1) is 0 Å². The van der Waals surface area contributed by atoms with Crippen LogP contribution in [-0.2, 0) is 9.53 Å². The summed E-state index contributed by atoms with van der Waals surface area (Å²) in [7, 11) is 0. The highest BCUT2D eigenvalue weighted by Crippen LogP contribution is 2.33. The van der Waals surface area contributed by atoms with Crippen molar-refractivity contribution >= 4 is 5.97 Å². The molecule has 0 aromatic heterocycles. The maximum atomic E-state index is 10.9. The Hall–Kier alpha value is -2.75. The molecule has 0 aliphatic heterocycles. The fraction of sp³-hybridized carbons (Fsp3) is 0.211. The minimum Gasteiger partial charge on any atom is -0.508 e. The summed E-state index contributed by atoms with van der Waals surface area (Å²) in [5, 5.41) is 10.1. The third-order valence-electron chi connectivity index (χ3n) is 3.53. The van der Waals surface area contributed by atoms with E-state index in [1.165, 1.54) is 0 Å². The minimum absolute atomic E-state index is 0.0401. The van der Waals surface area contributed by atoms with Crippen molar-refractivity contribution in [1.82, 2.24) is 0 Å². The van der Waals surface area contributed by atoms with E-state index in [2.05, 4.69) is 6.58 Å². The van der Waals surface area contributed by atoms with E-state index in [-0.39, 0.29) is 24.9 Å². The molecule has 1 N–H and O–H groups in total. The largest absolute Gasteiger partial charge is 0.508 e. The number of esters is 1. The van der Waals surface area contributed by atoms with E-state index >= 15 is 0 Å². The van der Waals surface area contributed by atoms with E-state index in [0.717, 1.165) is 17.2 Å². The summed E-state index contributed by atoms with van der Waals surface area (Å²) in [5.41, 5.74) is 1.90. The first-order chi connectivity index (χ1) is 11.1. The number of carbonyl (C=O) groups is 1. The maximum Gasteiger partial charge on any atom is 0.330 e. The van der Waals surface area contributed by atoms with Crippen LogP contribution in [0.2, 0.25) is 0 Å². The third-order valence-corrected chi connectivity index (χ3v) is 3.53. The average molecular weight is 312 g/mol. The Morgan fingerprint density at radius 1 is 1.22 bits per heavy atom. The zero-order chi connectivity index (χ0) is 16.7. The number of hydrogen-bond donors (Lipinski definition) is 1. The van der Waals surface area contributed by atoms with Gasteiger partial charge in [0.1, 0.15) is 24.7 Å². The maximum absolute atomic E-state index is 10.9. The quantitative estimate of drug-likeness (QED) is 0.482. The normalized spacial score (nSPS) is 11.5. The fourth-order valence-electron chi connectivity index (χ4n) is 2.25. The lowest BCUT2D eigenvalue weighted by Gasteiger charge is -2.16. The number of benzene rings is 2. The van der Waals surface area contributed by atoms with Crippen molar-refractivity contribution in [3.8, 4) is 11.5 Å². The molecule has 0 radical (unpaired) electrons. The van der Waals surface area contributed by atoms with Crippen molar-refractivity contribution in [3.05, 3.63) is 72.3 Å². The first-order valence-electron chi connectivity index (χ1n) is 7.41. The predicted molar refractivity (Wildman–Crippen MR) is 88.7 cm³/mol. The van der Waals surface area contributed by atoms with E-state index in [0.29, 0.717) is 5.75 Å². The van der Waals surface area contributed by atoms with E-state index in [9.17, 15) is 9.90 Å². The molecule has 0 aliphatic rings. The summed E-state index contributed by atoms with van der Waals surface area (Å²) in [6.45, 7) is 5.74. The molecule has 2 aromatic carbocycles. The molecule has 23 heavy (non-hydrogen) atoms. The lowest BCUT2D eigenvalue weighted by molar-refractivity contribution is -0.138. The van der Waals surface area contributed by atoms with Crippen LogP contribution in [0.3, 0.4) is 0 Å². The summed E-state index contributed by atoms with van der Waals surface area (Å²) in [5.74, 6) is 0.415. The second-order valence-electron chi connectivity index (χ2n) is 5.07. The summed E-state index contributed by atoms with van der Waals surface area (Å²) < 4.78 is 10.4. The molecule has 0 unspecified atom stereocenters. The molecule has 120 valence electrons. The van der Waals surface area contributed by atoms with Gasteiger partial charge in [-0.05, 0) is 23.8 Å². The molecule has 0 fully saturated rings. The number of phenols is 1. The number of carbonyl (C=O) groups excluding carboxylic acids is 1. The highest BCUT2D eigenvalue weighted by atomic mass is 16.6. The van der Waals surface area contributed by atoms with Crippen molar-refractivity contribution in [1.29, 1.82) is 0 Å². The fourth-order valence-corrected chi connectivity index (χ4v) is 2.25. The van der Waals surface area contributed by atoms with Gasteiger partial charge >= 0.3 is 5.97 Å². The monoisotopic (exact) mass is 312 g/mol. The van der Waals surface area contributed by atoms with Crippen molar-refractivity contribution < 1.29 is 19.4 Å². The second-order valence-corrected chi connectivity index (χ2v) is 5.07. The van der Waals surface area contributed by atoms with Gasteiger partial charge in [-0.2, -0.15) is 0 Å². The molecule has 0 heterocycles. The molecule has 0 saturated carbocycles. The molecule has 0 bridgehead atoms. The molecule has 2 aromatic rings. The number of ether oxygens (including phenoxy) is 2. The molecule has 2 rings (SSSR count). The van der Waals surface area contributed by atoms with Crippen LogP contribution in [0.1, 0.15) is 24.0 Å². The van der Waals surface area contributed by atoms with Crippen molar-refractivity contribution in [2.75, 3.05) is 13.2 Å². The first-order valence-corrected chi connectivity index (χ1v) is 7.41. The smallest absolute Gasteiger partial charge is 0.330 e. The van der Waals surface area contributed by atoms with Crippen LogP contribution in [0, 0.1) is 0 Å². The molecular formula is C19H20O4. The van der Waals surface area contributed by atoms with Gasteiger partial charge in [0.05, 0.1) is 0 Å². The van der Waals surface area contributed by atoms with Gasteiger partial charge in [-0.1, -0.05) is 43.8 Å². The van der Waals surface area contributed by atoms with E-state index in [1.54, 1.807) is 12.1 Å².